The Morgan fingerprint density at radius 2 is 2.25 bits per heavy atom. The van der Waals surface area contributed by atoms with E-state index in [0.29, 0.717) is 6.04 Å². The van der Waals surface area contributed by atoms with Gasteiger partial charge in [-0.3, -0.25) is 4.90 Å². The summed E-state index contributed by atoms with van der Waals surface area (Å²) in [5, 5.41) is 9.41. The van der Waals surface area contributed by atoms with E-state index in [-0.39, 0.29) is 6.61 Å². The number of aliphatic hydroxyl groups is 1. The molecule has 2 nitrogen and oxygen atoms in total. The Labute approximate surface area is 106 Å². The van der Waals surface area contributed by atoms with Crippen LogP contribution in [0.25, 0.3) is 0 Å². The zero-order valence-corrected chi connectivity index (χ0v) is 10.9. The summed E-state index contributed by atoms with van der Waals surface area (Å²) in [7, 11) is 0. The molecule has 1 unspecified atom stereocenters. The maximum atomic E-state index is 9.41. The number of rotatable bonds is 3. The van der Waals surface area contributed by atoms with Crippen LogP contribution in [-0.4, -0.2) is 29.2 Å². The Morgan fingerprint density at radius 1 is 1.38 bits per heavy atom. The maximum absolute atomic E-state index is 9.41. The number of nitrogens with zero attached hydrogens (tertiary/aromatic N) is 1. The third kappa shape index (κ3) is 3.20. The molecule has 0 bridgehead atoms. The van der Waals surface area contributed by atoms with Gasteiger partial charge >= 0.3 is 0 Å². The van der Waals surface area contributed by atoms with E-state index >= 15 is 0 Å². The Bertz CT molecular complexity index is 329. The van der Waals surface area contributed by atoms with Gasteiger partial charge in [0, 0.05) is 17.5 Å². The molecule has 2 heterocycles. The highest BCUT2D eigenvalue weighted by Crippen LogP contribution is 2.25. The number of aliphatic hydroxyl groups excluding tert-OH is 1. The topological polar surface area (TPSA) is 23.5 Å². The van der Waals surface area contributed by atoms with Crippen molar-refractivity contribution < 1.29 is 5.11 Å². The van der Waals surface area contributed by atoms with E-state index in [1.165, 1.54) is 24.1 Å². The molecule has 0 radical (unpaired) electrons. The third-order valence-electron chi connectivity index (χ3n) is 3.20. The third-order valence-corrected chi connectivity index (χ3v) is 4.41. The summed E-state index contributed by atoms with van der Waals surface area (Å²) in [5.74, 6) is 0. The first-order valence-corrected chi connectivity index (χ1v) is 7.08. The van der Waals surface area contributed by atoms with Crippen LogP contribution in [0.4, 0.5) is 0 Å². The van der Waals surface area contributed by atoms with Gasteiger partial charge in [0.15, 0.2) is 0 Å². The highest BCUT2D eigenvalue weighted by molar-refractivity contribution is 7.16. The molecular weight excluding hydrogens is 242 g/mol. The molecule has 1 aliphatic heterocycles. The first-order chi connectivity index (χ1) is 7.79. The van der Waals surface area contributed by atoms with Crippen molar-refractivity contribution in [3.63, 3.8) is 0 Å². The molecule has 16 heavy (non-hydrogen) atoms. The SMILES string of the molecule is OCC1CCCCCN1Cc1ccc(Cl)s1. The minimum absolute atomic E-state index is 0.277. The van der Waals surface area contributed by atoms with Crippen LogP contribution in [0.5, 0.6) is 0 Å². The Hall–Kier alpha value is -0.0900. The molecular formula is C12H18ClNOS. The van der Waals surface area contributed by atoms with Gasteiger partial charge in [-0.2, -0.15) is 0 Å². The average Bonchev–Trinajstić information content (AvgIpc) is 2.56. The van der Waals surface area contributed by atoms with Crippen molar-refractivity contribution in [2.24, 2.45) is 0 Å². The minimum Gasteiger partial charge on any atom is -0.395 e. The molecule has 4 heteroatoms. The molecule has 0 aromatic carbocycles. The van der Waals surface area contributed by atoms with Crippen LogP contribution in [0, 0.1) is 0 Å². The second-order valence-electron chi connectivity index (χ2n) is 4.36. The Balaban J connectivity index is 1.99. The van der Waals surface area contributed by atoms with E-state index < -0.39 is 0 Å². The summed E-state index contributed by atoms with van der Waals surface area (Å²) in [5.41, 5.74) is 0. The normalized spacial score (nSPS) is 23.2. The quantitative estimate of drug-likeness (QED) is 0.902. The molecule has 0 amide bonds. The van der Waals surface area contributed by atoms with E-state index in [9.17, 15) is 5.11 Å². The number of hydrogen-bond donors (Lipinski definition) is 1. The zero-order chi connectivity index (χ0) is 11.4. The lowest BCUT2D eigenvalue weighted by atomic mass is 10.1. The lowest BCUT2D eigenvalue weighted by Gasteiger charge is -2.27. The minimum atomic E-state index is 0.277. The van der Waals surface area contributed by atoms with Crippen LogP contribution in [0.3, 0.4) is 0 Å². The summed E-state index contributed by atoms with van der Waals surface area (Å²) < 4.78 is 0.852. The summed E-state index contributed by atoms with van der Waals surface area (Å²) in [4.78, 5) is 3.69. The summed E-state index contributed by atoms with van der Waals surface area (Å²) in [6.45, 7) is 2.31. The van der Waals surface area contributed by atoms with Crippen LogP contribution >= 0.6 is 22.9 Å². The monoisotopic (exact) mass is 259 g/mol. The van der Waals surface area contributed by atoms with Gasteiger partial charge in [0.05, 0.1) is 10.9 Å². The van der Waals surface area contributed by atoms with Crippen molar-refractivity contribution >= 4 is 22.9 Å². The predicted molar refractivity (Wildman–Crippen MR) is 69.1 cm³/mol. The van der Waals surface area contributed by atoms with Gasteiger partial charge < -0.3 is 5.11 Å². The molecule has 0 aliphatic carbocycles. The molecule has 1 N–H and O–H groups in total. The van der Waals surface area contributed by atoms with Gasteiger partial charge in [0.1, 0.15) is 0 Å². The highest BCUT2D eigenvalue weighted by atomic mass is 35.5. The Morgan fingerprint density at radius 3 is 2.94 bits per heavy atom. The van der Waals surface area contributed by atoms with Gasteiger partial charge in [-0.25, -0.2) is 0 Å². The largest absolute Gasteiger partial charge is 0.395 e. The van der Waals surface area contributed by atoms with E-state index in [0.717, 1.165) is 23.8 Å². The predicted octanol–water partition coefficient (Wildman–Crippen LogP) is 3.14. The van der Waals surface area contributed by atoms with Crippen molar-refractivity contribution in [1.29, 1.82) is 0 Å². The van der Waals surface area contributed by atoms with Crippen molar-refractivity contribution in [2.75, 3.05) is 13.2 Å². The van der Waals surface area contributed by atoms with Crippen molar-refractivity contribution in [2.45, 2.75) is 38.3 Å². The van der Waals surface area contributed by atoms with Gasteiger partial charge in [-0.15, -0.1) is 11.3 Å². The second kappa shape index (κ2) is 6.01. The first-order valence-electron chi connectivity index (χ1n) is 5.88. The molecule has 1 aliphatic rings. The standard InChI is InChI=1S/C12H18ClNOS/c13-12-6-5-11(16-12)8-14-7-3-1-2-4-10(14)9-15/h5-6,10,15H,1-4,7-9H2. The van der Waals surface area contributed by atoms with Crippen LogP contribution < -0.4 is 0 Å². The van der Waals surface area contributed by atoms with E-state index in [2.05, 4.69) is 11.0 Å². The molecule has 0 saturated carbocycles. The Kier molecular flexibility index (Phi) is 4.65. The number of halogens is 1. The van der Waals surface area contributed by atoms with Crippen LogP contribution in [-0.2, 0) is 6.54 Å². The van der Waals surface area contributed by atoms with Crippen LogP contribution in [0.2, 0.25) is 4.34 Å². The smallest absolute Gasteiger partial charge is 0.0931 e. The average molecular weight is 260 g/mol. The molecule has 1 aromatic heterocycles. The fraction of sp³-hybridized carbons (Fsp3) is 0.667. The van der Waals surface area contributed by atoms with Crippen LogP contribution in [0.1, 0.15) is 30.6 Å². The maximum Gasteiger partial charge on any atom is 0.0931 e. The number of hydrogen-bond acceptors (Lipinski definition) is 3. The van der Waals surface area contributed by atoms with Gasteiger partial charge in [-0.05, 0) is 31.5 Å². The fourth-order valence-electron chi connectivity index (χ4n) is 2.29. The lowest BCUT2D eigenvalue weighted by Crippen LogP contribution is -2.36. The molecule has 2 rings (SSSR count). The van der Waals surface area contributed by atoms with Gasteiger partial charge in [0.25, 0.3) is 0 Å². The van der Waals surface area contributed by atoms with Crippen molar-refractivity contribution in [1.82, 2.24) is 4.90 Å². The van der Waals surface area contributed by atoms with E-state index in [1.807, 2.05) is 6.07 Å². The van der Waals surface area contributed by atoms with Crippen molar-refractivity contribution in [3.05, 3.63) is 21.3 Å². The van der Waals surface area contributed by atoms with Crippen LogP contribution in [0.15, 0.2) is 12.1 Å². The number of thiophene rings is 1. The molecule has 1 atom stereocenters. The fourth-order valence-corrected chi connectivity index (χ4v) is 3.40. The summed E-state index contributed by atoms with van der Waals surface area (Å²) in [6, 6.07) is 4.38. The zero-order valence-electron chi connectivity index (χ0n) is 9.36. The van der Waals surface area contributed by atoms with Gasteiger partial charge in [-0.1, -0.05) is 24.4 Å². The summed E-state index contributed by atoms with van der Waals surface area (Å²) >= 11 is 7.57. The molecule has 1 fully saturated rings. The van der Waals surface area contributed by atoms with Crippen molar-refractivity contribution in [3.8, 4) is 0 Å². The first kappa shape index (κ1) is 12.4. The van der Waals surface area contributed by atoms with Gasteiger partial charge in [0.2, 0.25) is 0 Å². The number of likely N-dealkylation sites (tertiary alicyclic amines) is 1. The molecule has 0 spiro atoms. The molecule has 1 saturated heterocycles. The molecule has 90 valence electrons. The lowest BCUT2D eigenvalue weighted by molar-refractivity contribution is 0.119. The highest BCUT2D eigenvalue weighted by Gasteiger charge is 2.20. The summed E-state index contributed by atoms with van der Waals surface area (Å²) in [6.07, 6.45) is 4.90. The van der Waals surface area contributed by atoms with E-state index in [4.69, 9.17) is 11.6 Å². The second-order valence-corrected chi connectivity index (χ2v) is 6.16. The van der Waals surface area contributed by atoms with E-state index in [1.54, 1.807) is 11.3 Å². The molecule has 1 aromatic rings.